The Morgan fingerprint density at radius 1 is 0.897 bits per heavy atom. The molecule has 2 N–H and O–H groups in total. The van der Waals surface area contributed by atoms with Gasteiger partial charge in [-0.25, -0.2) is 26.3 Å². The number of hydrogen-bond donors (Lipinski definition) is 2. The third kappa shape index (κ3) is 5.85. The maximum Gasteiger partial charge on any atom is 0.240 e. The SMILES string of the molecule is CC1CCCCC1NS(=O)(=O)c1ccc(S(=O)(=O)NCCc2ccncc2)cc1. The average Bonchev–Trinajstić information content (AvgIpc) is 2.70. The molecule has 0 aliphatic heterocycles. The monoisotopic (exact) mass is 437 g/mol. The third-order valence-electron chi connectivity index (χ3n) is 5.32. The summed E-state index contributed by atoms with van der Waals surface area (Å²) in [6.07, 6.45) is 7.83. The van der Waals surface area contributed by atoms with Crippen LogP contribution >= 0.6 is 0 Å². The van der Waals surface area contributed by atoms with E-state index in [9.17, 15) is 16.8 Å². The fraction of sp³-hybridized carbons (Fsp3) is 0.450. The van der Waals surface area contributed by atoms with Gasteiger partial charge < -0.3 is 0 Å². The van der Waals surface area contributed by atoms with Gasteiger partial charge in [-0.05, 0) is 67.1 Å². The number of nitrogens with one attached hydrogen (secondary N) is 2. The highest BCUT2D eigenvalue weighted by Gasteiger charge is 2.27. The number of rotatable bonds is 8. The molecule has 0 bridgehead atoms. The number of benzene rings is 1. The number of aromatic nitrogens is 1. The van der Waals surface area contributed by atoms with Gasteiger partial charge in [0, 0.05) is 25.0 Å². The molecule has 9 heteroatoms. The Labute approximate surface area is 173 Å². The Morgan fingerprint density at radius 3 is 2.10 bits per heavy atom. The number of hydrogen-bond acceptors (Lipinski definition) is 5. The van der Waals surface area contributed by atoms with Gasteiger partial charge >= 0.3 is 0 Å². The normalized spacial score (nSPS) is 20.4. The summed E-state index contributed by atoms with van der Waals surface area (Å²) in [6, 6.07) is 8.91. The van der Waals surface area contributed by atoms with Gasteiger partial charge in [-0.3, -0.25) is 4.98 Å². The van der Waals surface area contributed by atoms with E-state index in [1.165, 1.54) is 24.3 Å². The van der Waals surface area contributed by atoms with Gasteiger partial charge in [0.15, 0.2) is 0 Å². The molecule has 0 radical (unpaired) electrons. The summed E-state index contributed by atoms with van der Waals surface area (Å²) < 4.78 is 55.5. The first kappa shape index (κ1) is 21.9. The summed E-state index contributed by atoms with van der Waals surface area (Å²) in [6.45, 7) is 2.30. The van der Waals surface area contributed by atoms with Gasteiger partial charge in [-0.15, -0.1) is 0 Å². The van der Waals surface area contributed by atoms with Crippen LogP contribution < -0.4 is 9.44 Å². The predicted molar refractivity (Wildman–Crippen MR) is 111 cm³/mol. The first-order valence-corrected chi connectivity index (χ1v) is 12.8. The van der Waals surface area contributed by atoms with Crippen molar-refractivity contribution >= 4 is 20.0 Å². The summed E-state index contributed by atoms with van der Waals surface area (Å²) in [7, 11) is -7.39. The Kier molecular flexibility index (Phi) is 7.05. The molecule has 1 fully saturated rings. The first-order chi connectivity index (χ1) is 13.8. The highest BCUT2D eigenvalue weighted by atomic mass is 32.2. The van der Waals surface area contributed by atoms with Crippen LogP contribution in [0.3, 0.4) is 0 Å². The van der Waals surface area contributed by atoms with Crippen LogP contribution in [0.4, 0.5) is 0 Å². The van der Waals surface area contributed by atoms with Crippen LogP contribution in [0.25, 0.3) is 0 Å². The molecule has 2 aromatic rings. The molecule has 1 saturated carbocycles. The molecule has 3 rings (SSSR count). The lowest BCUT2D eigenvalue weighted by atomic mass is 9.87. The van der Waals surface area contributed by atoms with Gasteiger partial charge in [-0.1, -0.05) is 19.8 Å². The lowest BCUT2D eigenvalue weighted by molar-refractivity contribution is 0.310. The van der Waals surface area contributed by atoms with Crippen molar-refractivity contribution in [3.63, 3.8) is 0 Å². The zero-order chi connectivity index (χ0) is 20.9. The fourth-order valence-corrected chi connectivity index (χ4v) is 5.93. The quantitative estimate of drug-likeness (QED) is 0.660. The Hall–Kier alpha value is -1.81. The largest absolute Gasteiger partial charge is 0.265 e. The topological polar surface area (TPSA) is 105 Å². The molecule has 2 unspecified atom stereocenters. The fourth-order valence-electron chi connectivity index (χ4n) is 3.52. The van der Waals surface area contributed by atoms with Crippen LogP contribution in [0.5, 0.6) is 0 Å². The Balaban J connectivity index is 1.63. The van der Waals surface area contributed by atoms with Crippen LogP contribution in [0.1, 0.15) is 38.2 Å². The molecular weight excluding hydrogens is 410 g/mol. The minimum Gasteiger partial charge on any atom is -0.265 e. The number of sulfonamides is 2. The first-order valence-electron chi connectivity index (χ1n) is 9.79. The standard InChI is InChI=1S/C20H27N3O4S2/c1-16-4-2-3-5-20(16)23-29(26,27)19-8-6-18(7-9-19)28(24,25)22-15-12-17-10-13-21-14-11-17/h6-11,13-14,16,20,22-23H,2-5,12,15H2,1H3. The predicted octanol–water partition coefficient (Wildman–Crippen LogP) is 2.46. The molecule has 2 atom stereocenters. The van der Waals surface area contributed by atoms with Crippen LogP contribution in [-0.2, 0) is 26.5 Å². The van der Waals surface area contributed by atoms with Crippen molar-refractivity contribution in [3.05, 3.63) is 54.4 Å². The van der Waals surface area contributed by atoms with Crippen LogP contribution in [0.2, 0.25) is 0 Å². The van der Waals surface area contributed by atoms with Crippen molar-refractivity contribution in [1.82, 2.24) is 14.4 Å². The molecule has 29 heavy (non-hydrogen) atoms. The minimum absolute atomic E-state index is 0.0391. The van der Waals surface area contributed by atoms with Crippen LogP contribution in [0.15, 0.2) is 58.6 Å². The lowest BCUT2D eigenvalue weighted by Gasteiger charge is -2.29. The van der Waals surface area contributed by atoms with Crippen LogP contribution in [-0.4, -0.2) is 34.4 Å². The van der Waals surface area contributed by atoms with Gasteiger partial charge in [0.1, 0.15) is 0 Å². The summed E-state index contributed by atoms with van der Waals surface area (Å²) in [5.74, 6) is 0.294. The molecule has 0 amide bonds. The van der Waals surface area contributed by atoms with E-state index in [0.29, 0.717) is 12.3 Å². The highest BCUT2D eigenvalue weighted by Crippen LogP contribution is 2.25. The van der Waals surface area contributed by atoms with E-state index in [2.05, 4.69) is 21.4 Å². The summed E-state index contributed by atoms with van der Waals surface area (Å²) in [5.41, 5.74) is 0.979. The molecular formula is C20H27N3O4S2. The van der Waals surface area contributed by atoms with Crippen molar-refractivity contribution in [2.45, 2.75) is 54.9 Å². The lowest BCUT2D eigenvalue weighted by Crippen LogP contribution is -2.40. The zero-order valence-electron chi connectivity index (χ0n) is 16.4. The molecule has 0 spiro atoms. The van der Waals surface area contributed by atoms with Crippen molar-refractivity contribution in [2.75, 3.05) is 6.54 Å². The Bertz CT molecular complexity index is 1010. The van der Waals surface area contributed by atoms with Crippen molar-refractivity contribution in [2.24, 2.45) is 5.92 Å². The molecule has 158 valence electrons. The van der Waals surface area contributed by atoms with E-state index in [4.69, 9.17) is 0 Å². The second-order valence-corrected chi connectivity index (χ2v) is 10.9. The average molecular weight is 438 g/mol. The summed E-state index contributed by atoms with van der Waals surface area (Å²) in [4.78, 5) is 4.04. The highest BCUT2D eigenvalue weighted by molar-refractivity contribution is 7.90. The molecule has 7 nitrogen and oxygen atoms in total. The van der Waals surface area contributed by atoms with E-state index >= 15 is 0 Å². The maximum atomic E-state index is 12.7. The van der Waals surface area contributed by atoms with Crippen molar-refractivity contribution < 1.29 is 16.8 Å². The number of nitrogens with zero attached hydrogens (tertiary/aromatic N) is 1. The molecule has 1 aromatic heterocycles. The summed E-state index contributed by atoms with van der Waals surface area (Å²) >= 11 is 0. The van der Waals surface area contributed by atoms with Gasteiger partial charge in [0.25, 0.3) is 0 Å². The van der Waals surface area contributed by atoms with E-state index in [1.54, 1.807) is 12.4 Å². The van der Waals surface area contributed by atoms with Crippen molar-refractivity contribution in [1.29, 1.82) is 0 Å². The third-order valence-corrected chi connectivity index (χ3v) is 8.30. The molecule has 1 aliphatic rings. The molecule has 1 aromatic carbocycles. The summed E-state index contributed by atoms with van der Waals surface area (Å²) in [5, 5.41) is 0. The molecule has 1 heterocycles. The molecule has 1 aliphatic carbocycles. The minimum atomic E-state index is -3.71. The second kappa shape index (κ2) is 9.34. The van der Waals surface area contributed by atoms with Crippen molar-refractivity contribution in [3.8, 4) is 0 Å². The maximum absolute atomic E-state index is 12.7. The van der Waals surface area contributed by atoms with E-state index in [-0.39, 0.29) is 22.4 Å². The van der Waals surface area contributed by atoms with Crippen LogP contribution in [0, 0.1) is 5.92 Å². The van der Waals surface area contributed by atoms with Gasteiger partial charge in [-0.2, -0.15) is 0 Å². The van der Waals surface area contributed by atoms with Gasteiger partial charge in [0.2, 0.25) is 20.0 Å². The van der Waals surface area contributed by atoms with E-state index in [0.717, 1.165) is 31.2 Å². The smallest absolute Gasteiger partial charge is 0.240 e. The zero-order valence-corrected chi connectivity index (χ0v) is 18.0. The van der Waals surface area contributed by atoms with Gasteiger partial charge in [0.05, 0.1) is 9.79 Å². The Morgan fingerprint density at radius 2 is 1.48 bits per heavy atom. The second-order valence-electron chi connectivity index (χ2n) is 7.46. The molecule has 0 saturated heterocycles. The van der Waals surface area contributed by atoms with E-state index < -0.39 is 20.0 Å². The van der Waals surface area contributed by atoms with E-state index in [1.807, 2.05) is 12.1 Å². The number of pyridine rings is 1.